The molecule has 3 amide bonds. The first kappa shape index (κ1) is 36.8. The number of anilines is 2. The van der Waals surface area contributed by atoms with Gasteiger partial charge < -0.3 is 20.7 Å². The number of benzene rings is 5. The van der Waals surface area contributed by atoms with Crippen LogP contribution < -0.4 is 20.7 Å². The summed E-state index contributed by atoms with van der Waals surface area (Å²) in [7, 11) is 0. The maximum absolute atomic E-state index is 13.7. The molecule has 3 N–H and O–H groups in total. The molecule has 1 heterocycles. The van der Waals surface area contributed by atoms with Crippen molar-refractivity contribution in [3.8, 4) is 17.0 Å². The fourth-order valence-electron chi connectivity index (χ4n) is 5.22. The topological polar surface area (TPSA) is 109 Å². The molecule has 0 aliphatic carbocycles. The summed E-state index contributed by atoms with van der Waals surface area (Å²) in [5, 5.41) is 10.8. The number of thiazole rings is 1. The van der Waals surface area contributed by atoms with Crippen LogP contribution in [-0.2, 0) is 16.2 Å². The van der Waals surface area contributed by atoms with E-state index < -0.39 is 17.1 Å². The maximum atomic E-state index is 13.7. The highest BCUT2D eigenvalue weighted by molar-refractivity contribution is 8.00. The van der Waals surface area contributed by atoms with Crippen molar-refractivity contribution < 1.29 is 19.1 Å². The highest BCUT2D eigenvalue weighted by atomic mass is 32.2. The van der Waals surface area contributed by atoms with E-state index in [4.69, 9.17) is 4.74 Å². The summed E-state index contributed by atoms with van der Waals surface area (Å²) < 4.78 is 5.91. The Balaban J connectivity index is 1.13. The number of hydrogen-bond acceptors (Lipinski definition) is 7. The van der Waals surface area contributed by atoms with Crippen molar-refractivity contribution in [2.45, 2.75) is 37.0 Å². The standard InChI is InChI=1S/C43H38N4O4S2/c1-3-39(42(50)47-43-46-38(28-52-43)32-21-17-29(2)18-22-32)53-36-16-10-15-34(26-36)44-41(49)37(45-40(48)33-13-8-5-9-14-33)25-30-19-23-35(24-20-30)51-27-31-11-6-4-7-12-31/h4-26,28,39H,3,27H2,1-2H3,(H,44,49)(H,45,48)(H,46,47,50)/b37-25-. The predicted molar refractivity (Wildman–Crippen MR) is 215 cm³/mol. The van der Waals surface area contributed by atoms with Gasteiger partial charge in [-0.3, -0.25) is 14.4 Å². The molecule has 6 aromatic rings. The van der Waals surface area contributed by atoms with E-state index in [-0.39, 0.29) is 11.6 Å². The van der Waals surface area contributed by atoms with E-state index in [0.29, 0.717) is 40.7 Å². The quantitative estimate of drug-likeness (QED) is 0.0759. The molecule has 0 spiro atoms. The molecule has 0 saturated carbocycles. The summed E-state index contributed by atoms with van der Waals surface area (Å²) in [6, 6.07) is 41.3. The van der Waals surface area contributed by atoms with Gasteiger partial charge in [-0.15, -0.1) is 23.1 Å². The first-order valence-electron chi connectivity index (χ1n) is 17.1. The Morgan fingerprint density at radius 3 is 2.26 bits per heavy atom. The predicted octanol–water partition coefficient (Wildman–Crippen LogP) is 9.62. The summed E-state index contributed by atoms with van der Waals surface area (Å²) in [6.07, 6.45) is 2.20. The highest BCUT2D eigenvalue weighted by Crippen LogP contribution is 2.30. The monoisotopic (exact) mass is 738 g/mol. The number of nitrogens with zero attached hydrogens (tertiary/aromatic N) is 1. The Morgan fingerprint density at radius 1 is 0.830 bits per heavy atom. The van der Waals surface area contributed by atoms with E-state index in [1.54, 1.807) is 36.4 Å². The number of thioether (sulfide) groups is 1. The van der Waals surface area contributed by atoms with Gasteiger partial charge in [-0.05, 0) is 73.0 Å². The van der Waals surface area contributed by atoms with Crippen LogP contribution in [0.1, 0.15) is 40.4 Å². The lowest BCUT2D eigenvalue weighted by molar-refractivity contribution is -0.116. The molecule has 10 heteroatoms. The second kappa shape index (κ2) is 18.0. The molecule has 0 fully saturated rings. The number of nitrogens with one attached hydrogen (secondary N) is 3. The third-order valence-electron chi connectivity index (χ3n) is 8.08. The van der Waals surface area contributed by atoms with Gasteiger partial charge in [0, 0.05) is 27.1 Å². The molecule has 0 radical (unpaired) electrons. The van der Waals surface area contributed by atoms with Crippen LogP contribution in [0.5, 0.6) is 5.75 Å². The van der Waals surface area contributed by atoms with Crippen LogP contribution in [0.3, 0.4) is 0 Å². The van der Waals surface area contributed by atoms with Crippen LogP contribution in [-0.4, -0.2) is 28.0 Å². The summed E-state index contributed by atoms with van der Waals surface area (Å²) >= 11 is 2.79. The minimum absolute atomic E-state index is 0.0640. The second-order valence-electron chi connectivity index (χ2n) is 12.1. The molecule has 0 aliphatic heterocycles. The number of carbonyl (C=O) groups is 3. The van der Waals surface area contributed by atoms with Crippen molar-refractivity contribution in [3.63, 3.8) is 0 Å². The average Bonchev–Trinajstić information content (AvgIpc) is 3.65. The van der Waals surface area contributed by atoms with E-state index in [0.717, 1.165) is 21.7 Å². The van der Waals surface area contributed by atoms with Crippen molar-refractivity contribution in [2.75, 3.05) is 10.6 Å². The molecule has 266 valence electrons. The SMILES string of the molecule is CCC(Sc1cccc(NC(=O)/C(=C/c2ccc(OCc3ccccc3)cc2)NC(=O)c2ccccc2)c1)C(=O)Nc1nc(-c2ccc(C)cc2)cs1. The third kappa shape index (κ3) is 10.5. The van der Waals surface area contributed by atoms with E-state index in [1.807, 2.05) is 122 Å². The molecule has 0 aliphatic rings. The average molecular weight is 739 g/mol. The number of ether oxygens (including phenoxy) is 1. The molecule has 1 unspecified atom stereocenters. The van der Waals surface area contributed by atoms with Gasteiger partial charge >= 0.3 is 0 Å². The van der Waals surface area contributed by atoms with Crippen LogP contribution in [0.2, 0.25) is 0 Å². The lowest BCUT2D eigenvalue weighted by Crippen LogP contribution is -2.30. The van der Waals surface area contributed by atoms with Gasteiger partial charge in [0.25, 0.3) is 11.8 Å². The normalized spacial score (nSPS) is 11.7. The number of aromatic nitrogens is 1. The maximum Gasteiger partial charge on any atom is 0.272 e. The smallest absolute Gasteiger partial charge is 0.272 e. The van der Waals surface area contributed by atoms with E-state index in [2.05, 4.69) is 20.9 Å². The largest absolute Gasteiger partial charge is 0.489 e. The second-order valence-corrected chi connectivity index (χ2v) is 14.2. The lowest BCUT2D eigenvalue weighted by Gasteiger charge is -2.15. The molecule has 6 rings (SSSR count). The Morgan fingerprint density at radius 2 is 1.55 bits per heavy atom. The first-order valence-corrected chi connectivity index (χ1v) is 18.9. The van der Waals surface area contributed by atoms with Gasteiger partial charge in [-0.25, -0.2) is 4.98 Å². The van der Waals surface area contributed by atoms with Gasteiger partial charge in [-0.1, -0.05) is 103 Å². The molecular formula is C43H38N4O4S2. The van der Waals surface area contributed by atoms with Crippen LogP contribution >= 0.6 is 23.1 Å². The number of aryl methyl sites for hydroxylation is 1. The zero-order valence-corrected chi connectivity index (χ0v) is 30.9. The van der Waals surface area contributed by atoms with Gasteiger partial charge in [0.2, 0.25) is 5.91 Å². The number of hydrogen-bond donors (Lipinski definition) is 3. The zero-order valence-electron chi connectivity index (χ0n) is 29.2. The van der Waals surface area contributed by atoms with E-state index in [1.165, 1.54) is 28.7 Å². The van der Waals surface area contributed by atoms with Crippen LogP contribution in [0.15, 0.2) is 149 Å². The van der Waals surface area contributed by atoms with Gasteiger partial charge in [0.05, 0.1) is 10.9 Å². The Bertz CT molecular complexity index is 2190. The molecule has 1 atom stereocenters. The summed E-state index contributed by atoms with van der Waals surface area (Å²) in [4.78, 5) is 45.6. The zero-order chi connectivity index (χ0) is 37.0. The number of amides is 3. The van der Waals surface area contributed by atoms with Crippen molar-refractivity contribution in [3.05, 3.63) is 167 Å². The number of rotatable bonds is 14. The number of carbonyl (C=O) groups excluding carboxylic acids is 3. The molecule has 5 aromatic carbocycles. The Kier molecular flexibility index (Phi) is 12.5. The molecule has 1 aromatic heterocycles. The van der Waals surface area contributed by atoms with Gasteiger partial charge in [0.1, 0.15) is 18.1 Å². The van der Waals surface area contributed by atoms with Crippen LogP contribution in [0.25, 0.3) is 17.3 Å². The molecule has 0 saturated heterocycles. The van der Waals surface area contributed by atoms with Crippen molar-refractivity contribution in [1.82, 2.24) is 10.3 Å². The third-order valence-corrected chi connectivity index (χ3v) is 10.2. The molecule has 53 heavy (non-hydrogen) atoms. The van der Waals surface area contributed by atoms with Crippen molar-refractivity contribution in [2.24, 2.45) is 0 Å². The van der Waals surface area contributed by atoms with Crippen molar-refractivity contribution >= 4 is 57.7 Å². The molecule has 8 nitrogen and oxygen atoms in total. The van der Waals surface area contributed by atoms with E-state index in [9.17, 15) is 14.4 Å². The highest BCUT2D eigenvalue weighted by Gasteiger charge is 2.21. The van der Waals surface area contributed by atoms with Gasteiger partial charge in [0.15, 0.2) is 5.13 Å². The van der Waals surface area contributed by atoms with Gasteiger partial charge in [-0.2, -0.15) is 0 Å². The first-order chi connectivity index (χ1) is 25.8. The minimum atomic E-state index is -0.501. The van der Waals surface area contributed by atoms with Crippen molar-refractivity contribution in [1.29, 1.82) is 0 Å². The Labute approximate surface area is 317 Å². The summed E-state index contributed by atoms with van der Waals surface area (Å²) in [5.41, 5.74) is 5.72. The fourth-order valence-corrected chi connectivity index (χ4v) is 6.95. The lowest BCUT2D eigenvalue weighted by atomic mass is 10.1. The van der Waals surface area contributed by atoms with E-state index >= 15 is 0 Å². The Hall–Kier alpha value is -5.97. The van der Waals surface area contributed by atoms with Crippen LogP contribution in [0, 0.1) is 6.92 Å². The minimum Gasteiger partial charge on any atom is -0.489 e. The fraction of sp³-hybridized carbons (Fsp3) is 0.116. The summed E-state index contributed by atoms with van der Waals surface area (Å²) in [6.45, 7) is 4.42. The van der Waals surface area contributed by atoms with Crippen LogP contribution in [0.4, 0.5) is 10.8 Å². The summed E-state index contributed by atoms with van der Waals surface area (Å²) in [5.74, 6) is -0.389. The molecule has 0 bridgehead atoms. The molecular weight excluding hydrogens is 701 g/mol.